The van der Waals surface area contributed by atoms with E-state index in [-0.39, 0.29) is 11.8 Å². The molecule has 1 atom stereocenters. The summed E-state index contributed by atoms with van der Waals surface area (Å²) in [5, 5.41) is 12.1. The van der Waals surface area contributed by atoms with Crippen LogP contribution in [-0.4, -0.2) is 17.6 Å². The molecule has 6 heteroatoms. The first kappa shape index (κ1) is 14.1. The van der Waals surface area contributed by atoms with Crippen LogP contribution in [-0.2, 0) is 6.42 Å². The molecule has 0 aliphatic rings. The normalized spacial score (nSPS) is 12.5. The molecule has 1 unspecified atom stereocenters. The Labute approximate surface area is 120 Å². The van der Waals surface area contributed by atoms with E-state index < -0.39 is 5.97 Å². The van der Waals surface area contributed by atoms with Crippen molar-refractivity contribution >= 4 is 28.9 Å². The largest absolute Gasteiger partial charge is 0.475 e. The van der Waals surface area contributed by atoms with Crippen LogP contribution in [0, 0.1) is 0 Å². The van der Waals surface area contributed by atoms with Gasteiger partial charge in [-0.3, -0.25) is 0 Å². The third-order valence-electron chi connectivity index (χ3n) is 2.72. The monoisotopic (exact) mass is 299 g/mol. The van der Waals surface area contributed by atoms with Gasteiger partial charge >= 0.3 is 5.97 Å². The number of rotatable bonds is 6. The highest BCUT2D eigenvalue weighted by Crippen LogP contribution is 2.22. The number of carboxylic acid groups (broad SMARTS) is 1. The minimum absolute atomic E-state index is 0.0245. The summed E-state index contributed by atoms with van der Waals surface area (Å²) in [4.78, 5) is 11.9. The van der Waals surface area contributed by atoms with Crippen LogP contribution in [0.15, 0.2) is 28.7 Å². The Morgan fingerprint density at radius 3 is 2.84 bits per heavy atom. The van der Waals surface area contributed by atoms with Gasteiger partial charge in [0.05, 0.1) is 10.4 Å². The van der Waals surface area contributed by atoms with Gasteiger partial charge in [-0.2, -0.15) is 0 Å². The van der Waals surface area contributed by atoms with Crippen LogP contribution in [0.1, 0.15) is 34.2 Å². The van der Waals surface area contributed by atoms with Gasteiger partial charge in [0, 0.05) is 11.4 Å². The molecule has 0 amide bonds. The molecule has 0 saturated carbocycles. The number of carbonyl (C=O) groups is 1. The molecule has 0 aromatic carbocycles. The molecular formula is C13H14ClNO3S. The van der Waals surface area contributed by atoms with Gasteiger partial charge in [0.2, 0.25) is 5.76 Å². The summed E-state index contributed by atoms with van der Waals surface area (Å²) in [5.74, 6) is -0.457. The lowest BCUT2D eigenvalue weighted by molar-refractivity contribution is 0.0659. The van der Waals surface area contributed by atoms with Crippen LogP contribution in [0.4, 0.5) is 0 Å². The molecule has 2 heterocycles. The van der Waals surface area contributed by atoms with Gasteiger partial charge in [-0.1, -0.05) is 11.6 Å². The van der Waals surface area contributed by atoms with E-state index in [1.165, 1.54) is 10.9 Å². The molecule has 0 bridgehead atoms. The summed E-state index contributed by atoms with van der Waals surface area (Å²) in [5.41, 5.74) is 0. The van der Waals surface area contributed by atoms with Crippen molar-refractivity contribution in [2.75, 3.05) is 6.54 Å². The Hall–Kier alpha value is -1.30. The van der Waals surface area contributed by atoms with E-state index in [0.29, 0.717) is 5.76 Å². The quantitative estimate of drug-likeness (QED) is 0.855. The van der Waals surface area contributed by atoms with Crippen LogP contribution in [0.25, 0.3) is 0 Å². The Kier molecular flexibility index (Phi) is 4.63. The fourth-order valence-corrected chi connectivity index (χ4v) is 2.79. The third-order valence-corrected chi connectivity index (χ3v) is 4.01. The molecule has 0 spiro atoms. The van der Waals surface area contributed by atoms with Crippen molar-refractivity contribution in [3.63, 3.8) is 0 Å². The molecule has 4 nitrogen and oxygen atoms in total. The maximum atomic E-state index is 10.7. The zero-order valence-corrected chi connectivity index (χ0v) is 11.9. The van der Waals surface area contributed by atoms with Gasteiger partial charge in [-0.15, -0.1) is 11.3 Å². The summed E-state index contributed by atoms with van der Waals surface area (Å²) in [7, 11) is 0. The lowest BCUT2D eigenvalue weighted by atomic mass is 10.2. The van der Waals surface area contributed by atoms with Crippen molar-refractivity contribution in [2.24, 2.45) is 0 Å². The van der Waals surface area contributed by atoms with Gasteiger partial charge in [0.15, 0.2) is 0 Å². The van der Waals surface area contributed by atoms with Crippen LogP contribution >= 0.6 is 22.9 Å². The van der Waals surface area contributed by atoms with Crippen molar-refractivity contribution < 1.29 is 14.3 Å². The van der Waals surface area contributed by atoms with Gasteiger partial charge in [-0.25, -0.2) is 4.79 Å². The van der Waals surface area contributed by atoms with E-state index in [4.69, 9.17) is 21.1 Å². The van der Waals surface area contributed by atoms with Crippen molar-refractivity contribution in [1.82, 2.24) is 5.32 Å². The smallest absolute Gasteiger partial charge is 0.371 e. The Balaban J connectivity index is 1.83. The average Bonchev–Trinajstić information content (AvgIpc) is 2.98. The Morgan fingerprint density at radius 2 is 2.26 bits per heavy atom. The van der Waals surface area contributed by atoms with Gasteiger partial charge in [-0.05, 0) is 37.6 Å². The number of halogens is 1. The summed E-state index contributed by atoms with van der Waals surface area (Å²) >= 11 is 7.43. The highest BCUT2D eigenvalue weighted by molar-refractivity contribution is 7.16. The SMILES string of the molecule is CC(NCCc1ccc(Cl)s1)c1ccc(C(=O)O)o1. The molecule has 2 rings (SSSR count). The molecule has 19 heavy (non-hydrogen) atoms. The molecule has 2 N–H and O–H groups in total. The molecule has 0 fully saturated rings. The van der Waals surface area contributed by atoms with Crippen molar-refractivity contribution in [1.29, 1.82) is 0 Å². The van der Waals surface area contributed by atoms with Crippen LogP contribution in [0.2, 0.25) is 4.34 Å². The highest BCUT2D eigenvalue weighted by atomic mass is 35.5. The lowest BCUT2D eigenvalue weighted by Crippen LogP contribution is -2.20. The number of hydrogen-bond donors (Lipinski definition) is 2. The standard InChI is InChI=1S/C13H14ClNO3S/c1-8(10-3-4-11(18-10)13(16)17)15-7-6-9-2-5-12(14)19-9/h2-5,8,15H,6-7H2,1H3,(H,16,17). The lowest BCUT2D eigenvalue weighted by Gasteiger charge is -2.10. The first-order valence-electron chi connectivity index (χ1n) is 5.87. The Morgan fingerprint density at radius 1 is 1.47 bits per heavy atom. The number of carboxylic acids is 1. The van der Waals surface area contributed by atoms with Crippen molar-refractivity contribution in [3.05, 3.63) is 45.0 Å². The van der Waals surface area contributed by atoms with E-state index in [0.717, 1.165) is 17.3 Å². The number of aromatic carboxylic acids is 1. The molecule has 0 radical (unpaired) electrons. The maximum Gasteiger partial charge on any atom is 0.371 e. The van der Waals surface area contributed by atoms with Crippen molar-refractivity contribution in [3.8, 4) is 0 Å². The fourth-order valence-electron chi connectivity index (χ4n) is 1.70. The highest BCUT2D eigenvalue weighted by Gasteiger charge is 2.13. The third kappa shape index (κ3) is 3.83. The second-order valence-corrected chi connectivity index (χ2v) is 5.94. The number of thiophene rings is 1. The van der Waals surface area contributed by atoms with E-state index in [2.05, 4.69) is 5.32 Å². The predicted octanol–water partition coefficient (Wildman–Crippen LogP) is 3.59. The molecule has 0 aliphatic carbocycles. The zero-order valence-electron chi connectivity index (χ0n) is 10.4. The summed E-state index contributed by atoms with van der Waals surface area (Å²) < 4.78 is 6.03. The van der Waals surface area contributed by atoms with E-state index in [1.807, 2.05) is 19.1 Å². The number of nitrogens with one attached hydrogen (secondary N) is 1. The minimum atomic E-state index is -1.05. The first-order chi connectivity index (χ1) is 9.06. The topological polar surface area (TPSA) is 62.5 Å². The van der Waals surface area contributed by atoms with Crippen LogP contribution < -0.4 is 5.32 Å². The molecular weight excluding hydrogens is 286 g/mol. The Bertz CT molecular complexity index is 564. The average molecular weight is 300 g/mol. The predicted molar refractivity (Wildman–Crippen MR) is 75.1 cm³/mol. The van der Waals surface area contributed by atoms with E-state index in [1.54, 1.807) is 17.4 Å². The molecule has 0 saturated heterocycles. The van der Waals surface area contributed by atoms with E-state index in [9.17, 15) is 4.79 Å². The summed E-state index contributed by atoms with van der Waals surface area (Å²) in [6, 6.07) is 7.02. The minimum Gasteiger partial charge on any atom is -0.475 e. The molecule has 102 valence electrons. The van der Waals surface area contributed by atoms with Crippen LogP contribution in [0.5, 0.6) is 0 Å². The second kappa shape index (κ2) is 6.23. The molecule has 2 aromatic heterocycles. The summed E-state index contributed by atoms with van der Waals surface area (Å²) in [6.07, 6.45) is 0.883. The molecule has 0 aliphatic heterocycles. The second-order valence-electron chi connectivity index (χ2n) is 4.14. The molecule has 2 aromatic rings. The maximum absolute atomic E-state index is 10.7. The fraction of sp³-hybridized carbons (Fsp3) is 0.308. The van der Waals surface area contributed by atoms with Crippen molar-refractivity contribution in [2.45, 2.75) is 19.4 Å². The number of hydrogen-bond acceptors (Lipinski definition) is 4. The van der Waals surface area contributed by atoms with Gasteiger partial charge in [0.25, 0.3) is 0 Å². The van der Waals surface area contributed by atoms with E-state index >= 15 is 0 Å². The van der Waals surface area contributed by atoms with Gasteiger partial charge in [0.1, 0.15) is 5.76 Å². The zero-order chi connectivity index (χ0) is 13.8. The van der Waals surface area contributed by atoms with Gasteiger partial charge < -0.3 is 14.8 Å². The first-order valence-corrected chi connectivity index (χ1v) is 7.06. The summed E-state index contributed by atoms with van der Waals surface area (Å²) in [6.45, 7) is 2.72. The number of furan rings is 1. The van der Waals surface area contributed by atoms with Crippen LogP contribution in [0.3, 0.4) is 0 Å².